The molecule has 0 aromatic carbocycles. The normalized spacial score (nSPS) is 17.2. The average molecular weight is 286 g/mol. The first kappa shape index (κ1) is 11.7. The minimum Gasteiger partial charge on any atom is -0.464 e. The summed E-state index contributed by atoms with van der Waals surface area (Å²) in [7, 11) is 0. The van der Waals surface area contributed by atoms with Gasteiger partial charge in [-0.3, -0.25) is 4.79 Å². The van der Waals surface area contributed by atoms with Gasteiger partial charge in [-0.15, -0.1) is 0 Å². The van der Waals surface area contributed by atoms with Gasteiger partial charge in [0, 0.05) is 6.04 Å². The maximum absolute atomic E-state index is 12.0. The van der Waals surface area contributed by atoms with Gasteiger partial charge in [-0.2, -0.15) is 0 Å². The zero-order chi connectivity index (χ0) is 11.7. The van der Waals surface area contributed by atoms with Crippen LogP contribution in [0.2, 0.25) is 0 Å². The van der Waals surface area contributed by atoms with Crippen molar-refractivity contribution in [2.75, 3.05) is 0 Å². The van der Waals surface area contributed by atoms with Crippen LogP contribution in [0, 0.1) is 6.92 Å². The molecule has 1 fully saturated rings. The third-order valence-electron chi connectivity index (χ3n) is 2.73. The maximum atomic E-state index is 12.0. The number of rotatable bonds is 4. The number of amides is 1. The fraction of sp³-hybridized carbons (Fsp3) is 0.583. The van der Waals surface area contributed by atoms with Gasteiger partial charge in [-0.1, -0.05) is 15.9 Å². The van der Waals surface area contributed by atoms with Crippen LogP contribution >= 0.6 is 15.9 Å². The summed E-state index contributed by atoms with van der Waals surface area (Å²) >= 11 is 3.33. The topological polar surface area (TPSA) is 33.5 Å². The van der Waals surface area contributed by atoms with Crippen molar-refractivity contribution < 1.29 is 9.21 Å². The van der Waals surface area contributed by atoms with Gasteiger partial charge >= 0.3 is 0 Å². The summed E-state index contributed by atoms with van der Waals surface area (Å²) < 4.78 is 5.51. The number of carbonyl (C=O) groups excluding carboxylic acids is 1. The van der Waals surface area contributed by atoms with Crippen LogP contribution < -0.4 is 0 Å². The first-order chi connectivity index (χ1) is 7.58. The summed E-state index contributed by atoms with van der Waals surface area (Å²) in [4.78, 5) is 13.8. The van der Waals surface area contributed by atoms with Crippen LogP contribution in [0.15, 0.2) is 16.5 Å². The van der Waals surface area contributed by atoms with Crippen LogP contribution in [0.5, 0.6) is 0 Å². The largest absolute Gasteiger partial charge is 0.464 e. The summed E-state index contributed by atoms with van der Waals surface area (Å²) in [6.45, 7) is 4.37. The minimum absolute atomic E-state index is 0.121. The van der Waals surface area contributed by atoms with Crippen LogP contribution in [-0.4, -0.2) is 21.7 Å². The van der Waals surface area contributed by atoms with Gasteiger partial charge in [-0.05, 0) is 38.8 Å². The molecule has 1 aliphatic carbocycles. The Bertz CT molecular complexity index is 382. The van der Waals surface area contributed by atoms with Crippen molar-refractivity contribution >= 4 is 21.8 Å². The van der Waals surface area contributed by atoms with Gasteiger partial charge < -0.3 is 9.32 Å². The van der Waals surface area contributed by atoms with Crippen molar-refractivity contribution in [1.29, 1.82) is 0 Å². The summed E-state index contributed by atoms with van der Waals surface area (Å²) in [5.41, 5.74) is 0. The Morgan fingerprint density at radius 2 is 2.31 bits per heavy atom. The van der Waals surface area contributed by atoms with Gasteiger partial charge in [0.25, 0.3) is 0 Å². The van der Waals surface area contributed by atoms with Crippen molar-refractivity contribution in [2.24, 2.45) is 0 Å². The van der Waals surface area contributed by atoms with E-state index in [0.29, 0.717) is 12.6 Å². The van der Waals surface area contributed by atoms with E-state index in [0.717, 1.165) is 24.4 Å². The molecule has 1 aliphatic rings. The molecule has 4 heteroatoms. The third-order valence-corrected chi connectivity index (χ3v) is 3.12. The van der Waals surface area contributed by atoms with Gasteiger partial charge in [-0.25, -0.2) is 0 Å². The molecule has 1 atom stereocenters. The minimum atomic E-state index is -0.121. The molecule has 0 bridgehead atoms. The molecular weight excluding hydrogens is 270 g/mol. The molecule has 0 aliphatic heterocycles. The Hall–Kier alpha value is -0.770. The van der Waals surface area contributed by atoms with Crippen molar-refractivity contribution in [3.63, 3.8) is 0 Å². The van der Waals surface area contributed by atoms with Gasteiger partial charge in [0.05, 0.1) is 11.4 Å². The monoisotopic (exact) mass is 285 g/mol. The predicted octanol–water partition coefficient (Wildman–Crippen LogP) is 2.86. The molecular formula is C12H16BrNO2. The van der Waals surface area contributed by atoms with Crippen LogP contribution in [0.1, 0.15) is 31.3 Å². The highest BCUT2D eigenvalue weighted by Gasteiger charge is 2.34. The fourth-order valence-corrected chi connectivity index (χ4v) is 2.00. The van der Waals surface area contributed by atoms with E-state index in [1.54, 1.807) is 0 Å². The lowest BCUT2D eigenvalue weighted by Gasteiger charge is -2.22. The van der Waals surface area contributed by atoms with E-state index in [-0.39, 0.29) is 10.7 Å². The molecule has 0 N–H and O–H groups in total. The number of alkyl halides is 1. The van der Waals surface area contributed by atoms with Crippen LogP contribution in [0.25, 0.3) is 0 Å². The molecule has 1 unspecified atom stereocenters. The summed E-state index contributed by atoms with van der Waals surface area (Å²) in [5.74, 6) is 1.91. The fourth-order valence-electron chi connectivity index (χ4n) is 1.74. The average Bonchev–Trinajstić information content (AvgIpc) is 2.98. The Balaban J connectivity index is 2.06. The molecule has 1 heterocycles. The van der Waals surface area contributed by atoms with Crippen molar-refractivity contribution in [3.05, 3.63) is 23.7 Å². The maximum Gasteiger partial charge on any atom is 0.236 e. The number of carbonyl (C=O) groups is 1. The van der Waals surface area contributed by atoms with Crippen LogP contribution in [0.3, 0.4) is 0 Å². The molecule has 1 saturated carbocycles. The first-order valence-corrected chi connectivity index (χ1v) is 6.49. The molecule has 16 heavy (non-hydrogen) atoms. The smallest absolute Gasteiger partial charge is 0.236 e. The molecule has 1 aromatic rings. The van der Waals surface area contributed by atoms with E-state index in [4.69, 9.17) is 4.42 Å². The molecule has 2 rings (SSSR count). The molecule has 3 nitrogen and oxygen atoms in total. The SMILES string of the molecule is Cc1ccc(CN(C(=O)C(C)Br)C2CC2)o1. The van der Waals surface area contributed by atoms with Crippen LogP contribution in [0.4, 0.5) is 0 Å². The quantitative estimate of drug-likeness (QED) is 0.797. The summed E-state index contributed by atoms with van der Waals surface area (Å²) in [5, 5.41) is 0. The number of hydrogen-bond acceptors (Lipinski definition) is 2. The zero-order valence-electron chi connectivity index (χ0n) is 9.57. The molecule has 88 valence electrons. The lowest BCUT2D eigenvalue weighted by atomic mass is 10.3. The number of aryl methyl sites for hydroxylation is 1. The number of hydrogen-bond donors (Lipinski definition) is 0. The molecule has 1 aromatic heterocycles. The van der Waals surface area contributed by atoms with E-state index in [1.807, 2.05) is 30.9 Å². The van der Waals surface area contributed by atoms with Gasteiger partial charge in [0.1, 0.15) is 11.5 Å². The van der Waals surface area contributed by atoms with Crippen molar-refractivity contribution in [3.8, 4) is 0 Å². The van der Waals surface area contributed by atoms with E-state index in [9.17, 15) is 4.79 Å². The highest BCUT2D eigenvalue weighted by atomic mass is 79.9. The van der Waals surface area contributed by atoms with E-state index in [1.165, 1.54) is 0 Å². The molecule has 0 radical (unpaired) electrons. The highest BCUT2D eigenvalue weighted by molar-refractivity contribution is 9.10. The zero-order valence-corrected chi connectivity index (χ0v) is 11.2. The second-order valence-electron chi connectivity index (χ2n) is 4.33. The number of halogens is 1. The van der Waals surface area contributed by atoms with Crippen molar-refractivity contribution in [2.45, 2.75) is 44.1 Å². The Kier molecular flexibility index (Phi) is 3.38. The first-order valence-electron chi connectivity index (χ1n) is 5.58. The van der Waals surface area contributed by atoms with Crippen molar-refractivity contribution in [1.82, 2.24) is 4.90 Å². The lowest BCUT2D eigenvalue weighted by molar-refractivity contribution is -0.131. The molecule has 0 spiro atoms. The molecule has 1 amide bonds. The summed E-state index contributed by atoms with van der Waals surface area (Å²) in [6.07, 6.45) is 2.23. The summed E-state index contributed by atoms with van der Waals surface area (Å²) in [6, 6.07) is 4.29. The standard InChI is InChI=1S/C12H16BrNO2/c1-8-3-6-11(16-8)7-14(10-4-5-10)12(15)9(2)13/h3,6,9-10H,4-5,7H2,1-2H3. The predicted molar refractivity (Wildman–Crippen MR) is 65.4 cm³/mol. The lowest BCUT2D eigenvalue weighted by Crippen LogP contribution is -2.36. The Morgan fingerprint density at radius 3 is 2.75 bits per heavy atom. The second-order valence-corrected chi connectivity index (χ2v) is 5.70. The van der Waals surface area contributed by atoms with E-state index in [2.05, 4.69) is 15.9 Å². The van der Waals surface area contributed by atoms with Gasteiger partial charge in [0.2, 0.25) is 5.91 Å². The van der Waals surface area contributed by atoms with E-state index >= 15 is 0 Å². The van der Waals surface area contributed by atoms with Crippen LogP contribution in [-0.2, 0) is 11.3 Å². The van der Waals surface area contributed by atoms with E-state index < -0.39 is 0 Å². The van der Waals surface area contributed by atoms with Gasteiger partial charge in [0.15, 0.2) is 0 Å². The Morgan fingerprint density at radius 1 is 1.62 bits per heavy atom. The number of furan rings is 1. The number of nitrogens with zero attached hydrogens (tertiary/aromatic N) is 1. The Labute approximate surface area is 104 Å². The molecule has 0 saturated heterocycles. The third kappa shape index (κ3) is 2.67. The highest BCUT2D eigenvalue weighted by Crippen LogP contribution is 2.30. The second kappa shape index (κ2) is 4.62.